The van der Waals surface area contributed by atoms with Crippen LogP contribution in [-0.2, 0) is 0 Å². The number of benzene rings is 1. The number of aromatic nitrogens is 1. The highest BCUT2D eigenvalue weighted by molar-refractivity contribution is 7.12. The van der Waals surface area contributed by atoms with Crippen molar-refractivity contribution in [1.82, 2.24) is 9.88 Å². The molecule has 0 aliphatic rings. The Balaban J connectivity index is 1.55. The molecule has 168 valence electrons. The van der Waals surface area contributed by atoms with E-state index in [0.29, 0.717) is 16.3 Å². The zero-order valence-corrected chi connectivity index (χ0v) is 17.4. The Morgan fingerprint density at radius 3 is 2.53 bits per heavy atom. The predicted octanol–water partition coefficient (Wildman–Crippen LogP) is 4.79. The highest BCUT2D eigenvalue weighted by Gasteiger charge is 2.31. The van der Waals surface area contributed by atoms with Crippen molar-refractivity contribution in [2.75, 3.05) is 24.3 Å². The lowest BCUT2D eigenvalue weighted by Crippen LogP contribution is -2.34. The lowest BCUT2D eigenvalue weighted by molar-refractivity contribution is -0.274. The minimum Gasteiger partial charge on any atom is -0.406 e. The van der Waals surface area contributed by atoms with Gasteiger partial charge in [0, 0.05) is 25.0 Å². The van der Waals surface area contributed by atoms with Gasteiger partial charge in [-0.25, -0.2) is 9.78 Å². The van der Waals surface area contributed by atoms with Crippen LogP contribution in [0, 0.1) is 0 Å². The number of alkyl halides is 3. The molecule has 0 aliphatic heterocycles. The minimum atomic E-state index is -4.79. The van der Waals surface area contributed by atoms with Crippen LogP contribution in [0.3, 0.4) is 0 Å². The molecule has 0 atom stereocenters. The highest BCUT2D eigenvalue weighted by atomic mass is 32.1. The number of halogens is 3. The van der Waals surface area contributed by atoms with Crippen molar-refractivity contribution in [3.63, 3.8) is 0 Å². The first-order valence-corrected chi connectivity index (χ1v) is 9.92. The molecule has 8 nitrogen and oxygen atoms in total. The topological polar surface area (TPSA) is 92.8 Å². The Morgan fingerprint density at radius 2 is 1.88 bits per heavy atom. The van der Waals surface area contributed by atoms with Crippen molar-refractivity contribution in [2.45, 2.75) is 6.36 Å². The van der Waals surface area contributed by atoms with Crippen LogP contribution in [0.5, 0.6) is 11.6 Å². The molecule has 3 rings (SSSR count). The zero-order chi connectivity index (χ0) is 23.1. The first-order valence-electron chi connectivity index (χ1n) is 9.04. The highest BCUT2D eigenvalue weighted by Crippen LogP contribution is 2.26. The lowest BCUT2D eigenvalue weighted by atomic mass is 10.3. The maximum absolute atomic E-state index is 12.6. The van der Waals surface area contributed by atoms with Crippen LogP contribution < -0.4 is 20.1 Å². The van der Waals surface area contributed by atoms with E-state index in [1.807, 2.05) is 0 Å². The fourth-order valence-electron chi connectivity index (χ4n) is 2.40. The SMILES string of the molecule is CN(CNc1ccsc1C(=O)Nc1ccc(OC(F)(F)F)cc1)C(=O)Oc1ccccn1. The van der Waals surface area contributed by atoms with Crippen LogP contribution >= 0.6 is 11.3 Å². The molecule has 0 saturated heterocycles. The third-order valence-electron chi connectivity index (χ3n) is 3.87. The summed E-state index contributed by atoms with van der Waals surface area (Å²) in [4.78, 5) is 30.2. The van der Waals surface area contributed by atoms with Gasteiger partial charge in [-0.05, 0) is 41.8 Å². The average molecular weight is 466 g/mol. The number of hydrogen-bond acceptors (Lipinski definition) is 7. The average Bonchev–Trinajstić information content (AvgIpc) is 3.22. The number of carbonyl (C=O) groups excluding carboxylic acids is 2. The molecule has 2 heterocycles. The molecule has 12 heteroatoms. The fourth-order valence-corrected chi connectivity index (χ4v) is 3.16. The van der Waals surface area contributed by atoms with Gasteiger partial charge in [0.15, 0.2) is 0 Å². The van der Waals surface area contributed by atoms with Gasteiger partial charge in [-0.2, -0.15) is 0 Å². The Labute approximate surface area is 184 Å². The number of hydrogen-bond donors (Lipinski definition) is 2. The number of nitrogens with zero attached hydrogens (tertiary/aromatic N) is 2. The number of amides is 2. The molecule has 3 aromatic rings. The van der Waals surface area contributed by atoms with Crippen LogP contribution in [0.2, 0.25) is 0 Å². The summed E-state index contributed by atoms with van der Waals surface area (Å²) < 4.78 is 45.6. The molecule has 0 bridgehead atoms. The van der Waals surface area contributed by atoms with Crippen molar-refractivity contribution >= 4 is 34.7 Å². The molecular formula is C20H17F3N4O4S. The van der Waals surface area contributed by atoms with Crippen molar-refractivity contribution in [3.05, 3.63) is 65.0 Å². The first-order chi connectivity index (χ1) is 15.2. The lowest BCUT2D eigenvalue weighted by Gasteiger charge is -2.18. The summed E-state index contributed by atoms with van der Waals surface area (Å²) in [5, 5.41) is 7.25. The third-order valence-corrected chi connectivity index (χ3v) is 4.78. The predicted molar refractivity (Wildman–Crippen MR) is 112 cm³/mol. The van der Waals surface area contributed by atoms with Crippen LogP contribution in [0.1, 0.15) is 9.67 Å². The molecule has 0 aliphatic carbocycles. The number of thiophene rings is 1. The monoisotopic (exact) mass is 466 g/mol. The van der Waals surface area contributed by atoms with Gasteiger partial charge in [0.25, 0.3) is 5.91 Å². The van der Waals surface area contributed by atoms with Gasteiger partial charge >= 0.3 is 12.5 Å². The maximum Gasteiger partial charge on any atom is 0.573 e. The van der Waals surface area contributed by atoms with E-state index in [0.717, 1.165) is 23.5 Å². The molecule has 0 radical (unpaired) electrons. The van der Waals surface area contributed by atoms with E-state index in [4.69, 9.17) is 4.74 Å². The van der Waals surface area contributed by atoms with Gasteiger partial charge in [0.2, 0.25) is 5.88 Å². The third kappa shape index (κ3) is 6.60. The van der Waals surface area contributed by atoms with Crippen LogP contribution in [0.15, 0.2) is 60.1 Å². The Bertz CT molecular complexity index is 1060. The summed E-state index contributed by atoms with van der Waals surface area (Å²) in [5.41, 5.74) is 0.766. The molecule has 32 heavy (non-hydrogen) atoms. The molecule has 0 saturated carbocycles. The molecule has 0 fully saturated rings. The van der Waals surface area contributed by atoms with Gasteiger partial charge in [-0.3, -0.25) is 9.69 Å². The quantitative estimate of drug-likeness (QED) is 0.486. The number of rotatable bonds is 7. The van der Waals surface area contributed by atoms with Crippen LogP contribution in [-0.4, -0.2) is 42.0 Å². The molecule has 2 amide bonds. The molecule has 0 spiro atoms. The van der Waals surface area contributed by atoms with Gasteiger partial charge in [-0.15, -0.1) is 24.5 Å². The second-order valence-electron chi connectivity index (χ2n) is 6.26. The van der Waals surface area contributed by atoms with Crippen molar-refractivity contribution in [1.29, 1.82) is 0 Å². The van der Waals surface area contributed by atoms with E-state index < -0.39 is 24.1 Å². The maximum atomic E-state index is 12.6. The van der Waals surface area contributed by atoms with Gasteiger partial charge in [0.1, 0.15) is 10.6 Å². The van der Waals surface area contributed by atoms with Crippen molar-refractivity contribution < 1.29 is 32.2 Å². The van der Waals surface area contributed by atoms with E-state index in [1.54, 1.807) is 29.6 Å². The number of carbonyl (C=O) groups is 2. The van der Waals surface area contributed by atoms with Gasteiger partial charge in [0.05, 0.1) is 12.4 Å². The second kappa shape index (κ2) is 10.0. The number of ether oxygens (including phenoxy) is 2. The van der Waals surface area contributed by atoms with Crippen molar-refractivity contribution in [2.24, 2.45) is 0 Å². The Morgan fingerprint density at radius 1 is 1.12 bits per heavy atom. The van der Waals surface area contributed by atoms with E-state index >= 15 is 0 Å². The Hall–Kier alpha value is -3.80. The van der Waals surface area contributed by atoms with Gasteiger partial charge in [-0.1, -0.05) is 6.07 Å². The van der Waals surface area contributed by atoms with Crippen LogP contribution in [0.4, 0.5) is 29.3 Å². The first kappa shape index (κ1) is 22.9. The summed E-state index contributed by atoms with van der Waals surface area (Å²) in [6.45, 7) is 0.0478. The second-order valence-corrected chi connectivity index (χ2v) is 7.17. The molecular weight excluding hydrogens is 449 g/mol. The molecule has 0 unspecified atom stereocenters. The fraction of sp³-hybridized carbons (Fsp3) is 0.150. The molecule has 2 N–H and O–H groups in total. The van der Waals surface area contributed by atoms with E-state index in [9.17, 15) is 22.8 Å². The smallest absolute Gasteiger partial charge is 0.406 e. The summed E-state index contributed by atoms with van der Waals surface area (Å²) in [6.07, 6.45) is -3.94. The van der Waals surface area contributed by atoms with E-state index in [-0.39, 0.29) is 12.5 Å². The number of pyridine rings is 1. The summed E-state index contributed by atoms with van der Waals surface area (Å²) in [6, 6.07) is 11.4. The molecule has 1 aromatic carbocycles. The largest absolute Gasteiger partial charge is 0.573 e. The van der Waals surface area contributed by atoms with Gasteiger partial charge < -0.3 is 20.1 Å². The standard InChI is InChI=1S/C20H17F3N4O4S/c1-27(19(29)30-16-4-2-3-10-24-16)12-25-15-9-11-32-17(15)18(28)26-13-5-7-14(8-6-13)31-20(21,22)23/h2-11,25H,12H2,1H3,(H,26,28). The van der Waals surface area contributed by atoms with E-state index in [2.05, 4.69) is 20.4 Å². The molecule has 2 aromatic heterocycles. The normalized spacial score (nSPS) is 10.9. The zero-order valence-electron chi connectivity index (χ0n) is 16.6. The van der Waals surface area contributed by atoms with E-state index in [1.165, 1.54) is 30.3 Å². The summed E-state index contributed by atoms with van der Waals surface area (Å²) in [5.74, 6) is -0.702. The van der Waals surface area contributed by atoms with Crippen LogP contribution in [0.25, 0.3) is 0 Å². The Kier molecular flexibility index (Phi) is 7.15. The number of anilines is 2. The summed E-state index contributed by atoms with van der Waals surface area (Å²) in [7, 11) is 1.51. The summed E-state index contributed by atoms with van der Waals surface area (Å²) >= 11 is 1.16. The number of nitrogens with one attached hydrogen (secondary N) is 2. The van der Waals surface area contributed by atoms with Crippen molar-refractivity contribution in [3.8, 4) is 11.6 Å². The minimum absolute atomic E-state index is 0.0478.